The lowest BCUT2D eigenvalue weighted by Gasteiger charge is -2.17. The summed E-state index contributed by atoms with van der Waals surface area (Å²) in [6.45, 7) is 1.60. The number of urea groups is 1. The van der Waals surface area contributed by atoms with Gasteiger partial charge in [-0.05, 0) is 13.0 Å². The van der Waals surface area contributed by atoms with Crippen LogP contribution in [-0.4, -0.2) is 30.4 Å². The number of barbiturate groups is 1. The number of hydrogen-bond acceptors (Lipinski definition) is 6. The molecule has 0 atom stereocenters. The zero-order valence-corrected chi connectivity index (χ0v) is 9.35. The number of esters is 1. The second-order valence-corrected chi connectivity index (χ2v) is 3.20. The normalized spacial score (nSPS) is 16.7. The van der Waals surface area contributed by atoms with E-state index in [1.807, 2.05) is 10.6 Å². The van der Waals surface area contributed by atoms with Crippen molar-refractivity contribution in [3.63, 3.8) is 0 Å². The van der Waals surface area contributed by atoms with E-state index in [2.05, 4.69) is 4.74 Å². The number of hydrogen-bond donors (Lipinski definition) is 2. The summed E-state index contributed by atoms with van der Waals surface area (Å²) in [7, 11) is 0. The highest BCUT2D eigenvalue weighted by molar-refractivity contribution is 6.17. The Morgan fingerprint density at radius 3 is 2.39 bits per heavy atom. The van der Waals surface area contributed by atoms with E-state index in [1.54, 1.807) is 6.92 Å². The van der Waals surface area contributed by atoms with E-state index in [9.17, 15) is 19.2 Å². The Bertz CT molecular complexity index is 468. The average Bonchev–Trinajstić information content (AvgIpc) is 2.28. The van der Waals surface area contributed by atoms with Gasteiger partial charge in [0, 0.05) is 0 Å². The van der Waals surface area contributed by atoms with Crippen molar-refractivity contribution in [1.29, 1.82) is 5.26 Å². The maximum Gasteiger partial charge on any atom is 0.348 e. The minimum absolute atomic E-state index is 0.0550. The van der Waals surface area contributed by atoms with E-state index in [0.29, 0.717) is 0 Å². The van der Waals surface area contributed by atoms with E-state index in [4.69, 9.17) is 5.26 Å². The molecule has 1 rings (SSSR count). The number of rotatable bonds is 3. The van der Waals surface area contributed by atoms with Gasteiger partial charge in [0.15, 0.2) is 0 Å². The van der Waals surface area contributed by atoms with Gasteiger partial charge < -0.3 is 4.74 Å². The first-order chi connectivity index (χ1) is 8.49. The van der Waals surface area contributed by atoms with Crippen molar-refractivity contribution in [3.8, 4) is 6.07 Å². The highest BCUT2D eigenvalue weighted by atomic mass is 16.5. The van der Waals surface area contributed by atoms with Crippen LogP contribution in [0.15, 0.2) is 11.6 Å². The van der Waals surface area contributed by atoms with E-state index in [1.165, 1.54) is 6.07 Å². The maximum absolute atomic E-state index is 11.3. The number of carbonyl (C=O) groups is 4. The van der Waals surface area contributed by atoms with Gasteiger partial charge in [-0.2, -0.15) is 5.26 Å². The zero-order chi connectivity index (χ0) is 13.7. The highest BCUT2D eigenvalue weighted by Crippen LogP contribution is 2.09. The van der Waals surface area contributed by atoms with Crippen LogP contribution in [0.4, 0.5) is 4.79 Å². The summed E-state index contributed by atoms with van der Waals surface area (Å²) >= 11 is 0. The van der Waals surface area contributed by atoms with Gasteiger partial charge in [0.25, 0.3) is 0 Å². The molecule has 0 radical (unpaired) electrons. The lowest BCUT2D eigenvalue weighted by atomic mass is 10.0. The molecule has 1 heterocycles. The number of imide groups is 2. The van der Waals surface area contributed by atoms with Crippen molar-refractivity contribution in [2.45, 2.75) is 6.92 Å². The Morgan fingerprint density at radius 1 is 1.39 bits per heavy atom. The van der Waals surface area contributed by atoms with Crippen LogP contribution in [0.3, 0.4) is 0 Å². The quantitative estimate of drug-likeness (QED) is 0.286. The van der Waals surface area contributed by atoms with Crippen LogP contribution in [0, 0.1) is 17.2 Å². The van der Waals surface area contributed by atoms with Crippen molar-refractivity contribution in [2.75, 3.05) is 6.61 Å². The van der Waals surface area contributed by atoms with Crippen molar-refractivity contribution in [1.82, 2.24) is 10.6 Å². The predicted octanol–water partition coefficient (Wildman–Crippen LogP) is -1.02. The lowest BCUT2D eigenvalue weighted by Crippen LogP contribution is -2.55. The van der Waals surface area contributed by atoms with E-state index < -0.39 is 35.3 Å². The summed E-state index contributed by atoms with van der Waals surface area (Å²) < 4.78 is 4.57. The van der Waals surface area contributed by atoms with Crippen molar-refractivity contribution in [2.24, 2.45) is 5.92 Å². The van der Waals surface area contributed by atoms with E-state index in [0.717, 1.165) is 6.08 Å². The fourth-order valence-electron chi connectivity index (χ4n) is 1.21. The minimum Gasteiger partial charge on any atom is -0.462 e. The molecule has 0 bridgehead atoms. The van der Waals surface area contributed by atoms with Gasteiger partial charge in [-0.25, -0.2) is 9.59 Å². The van der Waals surface area contributed by atoms with Crippen LogP contribution >= 0.6 is 0 Å². The van der Waals surface area contributed by atoms with Crippen molar-refractivity contribution < 1.29 is 23.9 Å². The highest BCUT2D eigenvalue weighted by Gasteiger charge is 2.33. The first-order valence-corrected chi connectivity index (χ1v) is 4.94. The summed E-state index contributed by atoms with van der Waals surface area (Å²) in [6, 6.07) is 0.587. The van der Waals surface area contributed by atoms with Crippen LogP contribution in [-0.2, 0) is 19.1 Å². The molecule has 0 saturated carbocycles. The first-order valence-electron chi connectivity index (χ1n) is 4.94. The van der Waals surface area contributed by atoms with E-state index in [-0.39, 0.29) is 6.61 Å². The topological polar surface area (TPSA) is 125 Å². The van der Waals surface area contributed by atoms with Crippen LogP contribution < -0.4 is 10.6 Å². The monoisotopic (exact) mass is 251 g/mol. The van der Waals surface area contributed by atoms with Crippen LogP contribution in [0.25, 0.3) is 0 Å². The molecule has 0 aromatic heterocycles. The molecule has 0 unspecified atom stereocenters. The molecule has 1 saturated heterocycles. The number of ether oxygens (including phenoxy) is 1. The smallest absolute Gasteiger partial charge is 0.348 e. The molecule has 4 amide bonds. The standard InChI is InChI=1S/C10H9N3O5/c1-2-18-9(16)5(4-11)3-6-7(14)12-10(17)13-8(6)15/h3,6H,2H2,1H3,(H2,12,13,14,15,17)/b5-3+. The SMILES string of the molecule is CCOC(=O)/C(C#N)=C/C1C(=O)NC(=O)NC1=O. The Labute approximate surface area is 102 Å². The van der Waals surface area contributed by atoms with Gasteiger partial charge in [-0.1, -0.05) is 0 Å². The maximum atomic E-state index is 11.3. The van der Waals surface area contributed by atoms with Gasteiger partial charge in [0.05, 0.1) is 6.61 Å². The van der Waals surface area contributed by atoms with Crippen LogP contribution in [0.5, 0.6) is 0 Å². The Kier molecular flexibility index (Phi) is 4.15. The number of amides is 4. The van der Waals surface area contributed by atoms with Crippen molar-refractivity contribution in [3.05, 3.63) is 11.6 Å². The number of nitrogens with zero attached hydrogens (tertiary/aromatic N) is 1. The summed E-state index contributed by atoms with van der Waals surface area (Å²) in [5.74, 6) is -4.15. The molecule has 2 N–H and O–H groups in total. The Hall–Kier alpha value is -2.69. The molecule has 1 aliphatic heterocycles. The third kappa shape index (κ3) is 2.91. The lowest BCUT2D eigenvalue weighted by molar-refractivity contribution is -0.138. The predicted molar refractivity (Wildman–Crippen MR) is 55.5 cm³/mol. The summed E-state index contributed by atoms with van der Waals surface area (Å²) in [5.41, 5.74) is -0.471. The fourth-order valence-corrected chi connectivity index (χ4v) is 1.21. The molecular weight excluding hydrogens is 242 g/mol. The number of nitriles is 1. The third-order valence-corrected chi connectivity index (χ3v) is 1.99. The molecule has 0 aliphatic carbocycles. The Morgan fingerprint density at radius 2 is 1.94 bits per heavy atom. The number of nitrogens with one attached hydrogen (secondary N) is 2. The molecule has 0 aromatic rings. The van der Waals surface area contributed by atoms with Gasteiger partial charge in [0.2, 0.25) is 11.8 Å². The fraction of sp³-hybridized carbons (Fsp3) is 0.300. The molecular formula is C10H9N3O5. The van der Waals surface area contributed by atoms with E-state index >= 15 is 0 Å². The third-order valence-electron chi connectivity index (χ3n) is 1.99. The molecule has 18 heavy (non-hydrogen) atoms. The molecule has 0 aromatic carbocycles. The summed E-state index contributed by atoms with van der Waals surface area (Å²) in [4.78, 5) is 44.8. The largest absolute Gasteiger partial charge is 0.462 e. The average molecular weight is 251 g/mol. The summed E-state index contributed by atoms with van der Waals surface area (Å²) in [6.07, 6.45) is 0.856. The molecule has 1 aliphatic rings. The van der Waals surface area contributed by atoms with Gasteiger partial charge in [-0.3, -0.25) is 20.2 Å². The second-order valence-electron chi connectivity index (χ2n) is 3.20. The summed E-state index contributed by atoms with van der Waals surface area (Å²) in [5, 5.41) is 12.4. The second kappa shape index (κ2) is 5.58. The van der Waals surface area contributed by atoms with Crippen LogP contribution in [0.1, 0.15) is 6.92 Å². The van der Waals surface area contributed by atoms with Crippen LogP contribution in [0.2, 0.25) is 0 Å². The molecule has 8 nitrogen and oxygen atoms in total. The minimum atomic E-state index is -1.42. The first kappa shape index (κ1) is 13.4. The molecule has 94 valence electrons. The van der Waals surface area contributed by atoms with Gasteiger partial charge in [-0.15, -0.1) is 0 Å². The Balaban J connectivity index is 2.95. The van der Waals surface area contributed by atoms with Crippen molar-refractivity contribution >= 4 is 23.8 Å². The molecule has 1 fully saturated rings. The zero-order valence-electron chi connectivity index (χ0n) is 9.35. The molecule has 8 heteroatoms. The van der Waals surface area contributed by atoms with Gasteiger partial charge >= 0.3 is 12.0 Å². The number of carbonyl (C=O) groups excluding carboxylic acids is 4. The van der Waals surface area contributed by atoms with Gasteiger partial charge in [0.1, 0.15) is 17.6 Å². The molecule has 0 spiro atoms.